The van der Waals surface area contributed by atoms with Gasteiger partial charge in [0.15, 0.2) is 0 Å². The average molecular weight is 379 g/mol. The third-order valence-electron chi connectivity index (χ3n) is 2.65. The second-order valence-electron chi connectivity index (χ2n) is 5.40. The van der Waals surface area contributed by atoms with Crippen LogP contribution in [0.1, 0.15) is 31.3 Å². The quantitative estimate of drug-likeness (QED) is 0.878. The van der Waals surface area contributed by atoms with Crippen LogP contribution in [-0.2, 0) is 15.4 Å². The van der Waals surface area contributed by atoms with Gasteiger partial charge in [-0.15, -0.1) is 11.3 Å². The monoisotopic (exact) mass is 378 g/mol. The highest BCUT2D eigenvalue weighted by atomic mass is 79.9. The molecule has 20 heavy (non-hydrogen) atoms. The SMILES string of the molecule is Cc1sc(Br)cc1S(=O)(=O)Nc1cc(C(C)(C)C)no1. The maximum atomic E-state index is 12.3. The summed E-state index contributed by atoms with van der Waals surface area (Å²) >= 11 is 4.65. The lowest BCUT2D eigenvalue weighted by Gasteiger charge is -2.12. The molecule has 0 aliphatic heterocycles. The number of halogens is 1. The van der Waals surface area contributed by atoms with Crippen molar-refractivity contribution in [3.63, 3.8) is 0 Å². The van der Waals surface area contributed by atoms with Gasteiger partial charge in [-0.2, -0.15) is 0 Å². The van der Waals surface area contributed by atoms with Gasteiger partial charge in [-0.3, -0.25) is 0 Å². The second kappa shape index (κ2) is 5.16. The molecule has 0 atom stereocenters. The van der Waals surface area contributed by atoms with Crippen molar-refractivity contribution in [2.24, 2.45) is 0 Å². The Morgan fingerprint density at radius 1 is 1.35 bits per heavy atom. The number of nitrogens with one attached hydrogen (secondary N) is 1. The highest BCUT2D eigenvalue weighted by Crippen LogP contribution is 2.31. The number of thiophene rings is 1. The van der Waals surface area contributed by atoms with Crippen LogP contribution in [0.3, 0.4) is 0 Å². The maximum absolute atomic E-state index is 12.3. The molecule has 0 aliphatic carbocycles. The fraction of sp³-hybridized carbons (Fsp3) is 0.417. The zero-order valence-corrected chi connectivity index (χ0v) is 14.7. The number of hydrogen-bond donors (Lipinski definition) is 1. The largest absolute Gasteiger partial charge is 0.338 e. The van der Waals surface area contributed by atoms with Crippen molar-refractivity contribution in [2.45, 2.75) is 38.0 Å². The van der Waals surface area contributed by atoms with E-state index in [2.05, 4.69) is 25.8 Å². The molecule has 0 spiro atoms. The van der Waals surface area contributed by atoms with E-state index in [0.717, 1.165) is 3.79 Å². The first-order chi connectivity index (χ1) is 9.09. The fourth-order valence-corrected chi connectivity index (χ4v) is 4.95. The van der Waals surface area contributed by atoms with Gasteiger partial charge in [0, 0.05) is 16.4 Å². The van der Waals surface area contributed by atoms with E-state index < -0.39 is 10.0 Å². The molecule has 0 amide bonds. The number of anilines is 1. The number of hydrogen-bond acceptors (Lipinski definition) is 5. The van der Waals surface area contributed by atoms with Gasteiger partial charge >= 0.3 is 0 Å². The van der Waals surface area contributed by atoms with E-state index >= 15 is 0 Å². The molecule has 2 heterocycles. The number of nitrogens with zero attached hydrogens (tertiary/aromatic N) is 1. The van der Waals surface area contributed by atoms with Crippen LogP contribution in [0, 0.1) is 6.92 Å². The van der Waals surface area contributed by atoms with Gasteiger partial charge in [0.25, 0.3) is 10.0 Å². The molecule has 0 aliphatic rings. The van der Waals surface area contributed by atoms with Crippen molar-refractivity contribution in [1.82, 2.24) is 5.16 Å². The Labute approximate surface area is 130 Å². The van der Waals surface area contributed by atoms with Crippen molar-refractivity contribution in [2.75, 3.05) is 4.72 Å². The predicted molar refractivity (Wildman–Crippen MR) is 82.8 cm³/mol. The third kappa shape index (κ3) is 3.24. The molecule has 0 aromatic carbocycles. The molecule has 5 nitrogen and oxygen atoms in total. The molecule has 0 unspecified atom stereocenters. The molecule has 2 aromatic heterocycles. The summed E-state index contributed by atoms with van der Waals surface area (Å²) < 4.78 is 32.8. The minimum atomic E-state index is -3.66. The van der Waals surface area contributed by atoms with E-state index in [1.54, 1.807) is 19.1 Å². The Bertz CT molecular complexity index is 726. The first-order valence-electron chi connectivity index (χ1n) is 5.85. The van der Waals surface area contributed by atoms with Crippen LogP contribution in [0.5, 0.6) is 0 Å². The molecule has 110 valence electrons. The minimum Gasteiger partial charge on any atom is -0.338 e. The van der Waals surface area contributed by atoms with Gasteiger partial charge < -0.3 is 4.52 Å². The van der Waals surface area contributed by atoms with Crippen LogP contribution < -0.4 is 4.72 Å². The number of sulfonamides is 1. The molecule has 0 radical (unpaired) electrons. The zero-order valence-electron chi connectivity index (χ0n) is 11.5. The summed E-state index contributed by atoms with van der Waals surface area (Å²) in [6.07, 6.45) is 0. The van der Waals surface area contributed by atoms with Gasteiger partial charge in [0.05, 0.1) is 9.48 Å². The lowest BCUT2D eigenvalue weighted by Crippen LogP contribution is -2.13. The van der Waals surface area contributed by atoms with E-state index in [1.165, 1.54) is 11.3 Å². The van der Waals surface area contributed by atoms with Crippen molar-refractivity contribution in [3.8, 4) is 0 Å². The summed E-state index contributed by atoms with van der Waals surface area (Å²) in [5.74, 6) is 0.122. The molecule has 0 saturated carbocycles. The van der Waals surface area contributed by atoms with Crippen LogP contribution in [-0.4, -0.2) is 13.6 Å². The molecular formula is C12H15BrN2O3S2. The van der Waals surface area contributed by atoms with Crippen LogP contribution >= 0.6 is 27.3 Å². The summed E-state index contributed by atoms with van der Waals surface area (Å²) in [6, 6.07) is 3.18. The van der Waals surface area contributed by atoms with E-state index in [0.29, 0.717) is 10.6 Å². The lowest BCUT2D eigenvalue weighted by atomic mass is 9.92. The van der Waals surface area contributed by atoms with Crippen LogP contribution in [0.2, 0.25) is 0 Å². The molecule has 0 saturated heterocycles. The van der Waals surface area contributed by atoms with E-state index in [-0.39, 0.29) is 16.2 Å². The van der Waals surface area contributed by atoms with Crippen molar-refractivity contribution in [1.29, 1.82) is 0 Å². The summed E-state index contributed by atoms with van der Waals surface area (Å²) in [5.41, 5.74) is 0.493. The normalized spacial score (nSPS) is 12.7. The molecule has 1 N–H and O–H groups in total. The van der Waals surface area contributed by atoms with Crippen molar-refractivity contribution in [3.05, 3.63) is 26.5 Å². The van der Waals surface area contributed by atoms with Crippen LogP contribution in [0.25, 0.3) is 0 Å². The minimum absolute atomic E-state index is 0.122. The van der Waals surface area contributed by atoms with Gasteiger partial charge in [0.1, 0.15) is 4.90 Å². The standard InChI is InChI=1S/C12H15BrN2O3S2/c1-7-8(5-10(13)19-7)20(16,17)15-11-6-9(14-18-11)12(2,3)4/h5-6,15H,1-4H3. The first-order valence-corrected chi connectivity index (χ1v) is 8.95. The number of aromatic nitrogens is 1. The van der Waals surface area contributed by atoms with Gasteiger partial charge in [-0.05, 0) is 28.9 Å². The molecule has 2 rings (SSSR count). The van der Waals surface area contributed by atoms with E-state index in [1.807, 2.05) is 20.8 Å². The number of rotatable bonds is 3. The summed E-state index contributed by atoms with van der Waals surface area (Å²) in [6.45, 7) is 7.68. The van der Waals surface area contributed by atoms with Crippen LogP contribution in [0.4, 0.5) is 5.88 Å². The molecule has 0 fully saturated rings. The highest BCUT2D eigenvalue weighted by Gasteiger charge is 2.24. The first kappa shape index (κ1) is 15.5. The Balaban J connectivity index is 2.29. The van der Waals surface area contributed by atoms with Gasteiger partial charge in [-0.1, -0.05) is 25.9 Å². The number of aryl methyl sites for hydroxylation is 1. The average Bonchev–Trinajstić information content (AvgIpc) is 2.84. The zero-order chi connectivity index (χ0) is 15.1. The van der Waals surface area contributed by atoms with Crippen molar-refractivity contribution < 1.29 is 12.9 Å². The second-order valence-corrected chi connectivity index (χ2v) is 9.69. The highest BCUT2D eigenvalue weighted by molar-refractivity contribution is 9.11. The Morgan fingerprint density at radius 3 is 2.45 bits per heavy atom. The fourth-order valence-electron chi connectivity index (χ4n) is 1.56. The Morgan fingerprint density at radius 2 is 2.00 bits per heavy atom. The summed E-state index contributed by atoms with van der Waals surface area (Å²) in [7, 11) is -3.66. The van der Waals surface area contributed by atoms with Gasteiger partial charge in [0.2, 0.25) is 5.88 Å². The third-order valence-corrected chi connectivity index (χ3v) is 5.80. The predicted octanol–water partition coefficient (Wildman–Crippen LogP) is 3.91. The molecule has 0 bridgehead atoms. The molecular weight excluding hydrogens is 364 g/mol. The summed E-state index contributed by atoms with van der Waals surface area (Å²) in [5, 5.41) is 3.88. The Kier molecular flexibility index (Phi) is 4.01. The maximum Gasteiger partial charge on any atom is 0.265 e. The van der Waals surface area contributed by atoms with Crippen LogP contribution in [0.15, 0.2) is 25.3 Å². The lowest BCUT2D eigenvalue weighted by molar-refractivity contribution is 0.405. The van der Waals surface area contributed by atoms with E-state index in [4.69, 9.17) is 4.52 Å². The molecule has 8 heteroatoms. The van der Waals surface area contributed by atoms with E-state index in [9.17, 15) is 8.42 Å². The molecule has 2 aromatic rings. The Hall–Kier alpha value is -0.860. The van der Waals surface area contributed by atoms with Crippen molar-refractivity contribution >= 4 is 43.2 Å². The van der Waals surface area contributed by atoms with Gasteiger partial charge in [-0.25, -0.2) is 13.1 Å². The topological polar surface area (TPSA) is 72.2 Å². The summed E-state index contributed by atoms with van der Waals surface area (Å²) in [4.78, 5) is 0.947. The smallest absolute Gasteiger partial charge is 0.265 e.